The van der Waals surface area contributed by atoms with Crippen LogP contribution in [0.15, 0.2) is 18.2 Å². The summed E-state index contributed by atoms with van der Waals surface area (Å²) in [7, 11) is 0.462. The lowest BCUT2D eigenvalue weighted by Crippen LogP contribution is -2.19. The minimum Gasteiger partial charge on any atom is -0.495 e. The predicted molar refractivity (Wildman–Crippen MR) is 77.6 cm³/mol. The maximum atomic E-state index is 12.1. The molecule has 19 heavy (non-hydrogen) atoms. The highest BCUT2D eigenvalue weighted by Crippen LogP contribution is 2.26. The van der Waals surface area contributed by atoms with Crippen LogP contribution < -0.4 is 4.74 Å². The Labute approximate surface area is 120 Å². The van der Waals surface area contributed by atoms with Crippen LogP contribution in [0.5, 0.6) is 5.75 Å². The second-order valence-corrected chi connectivity index (χ2v) is 6.83. The lowest BCUT2D eigenvalue weighted by Gasteiger charge is -2.09. The smallest absolute Gasteiger partial charge is 0.175 e. The zero-order chi connectivity index (χ0) is 13.8. The highest BCUT2D eigenvalue weighted by atomic mass is 35.5. The maximum Gasteiger partial charge on any atom is 0.175 e. The monoisotopic (exact) mass is 300 g/mol. The third kappa shape index (κ3) is 3.57. The van der Waals surface area contributed by atoms with E-state index in [0.29, 0.717) is 16.3 Å². The number of hydrogen-bond donors (Lipinski definition) is 0. The van der Waals surface area contributed by atoms with E-state index in [4.69, 9.17) is 16.3 Å². The molecule has 0 heterocycles. The van der Waals surface area contributed by atoms with Crippen LogP contribution in [0, 0.1) is 0 Å². The molecule has 0 radical (unpaired) electrons. The largest absolute Gasteiger partial charge is 0.495 e. The summed E-state index contributed by atoms with van der Waals surface area (Å²) in [6.07, 6.45) is 4.20. The fourth-order valence-electron chi connectivity index (χ4n) is 2.32. The van der Waals surface area contributed by atoms with E-state index in [9.17, 15) is 9.00 Å². The Kier molecular flexibility index (Phi) is 4.99. The normalized spacial score (nSPS) is 17.4. The Morgan fingerprint density at radius 3 is 2.68 bits per heavy atom. The fourth-order valence-corrected chi connectivity index (χ4v) is 4.10. The molecule has 0 spiro atoms. The van der Waals surface area contributed by atoms with E-state index in [1.54, 1.807) is 18.2 Å². The summed E-state index contributed by atoms with van der Waals surface area (Å²) in [6.45, 7) is 0. The minimum absolute atomic E-state index is 0.0906. The first-order valence-corrected chi connectivity index (χ1v) is 8.11. The van der Waals surface area contributed by atoms with Gasteiger partial charge in [0, 0.05) is 21.6 Å². The number of benzene rings is 1. The van der Waals surface area contributed by atoms with Crippen molar-refractivity contribution >= 4 is 28.2 Å². The van der Waals surface area contributed by atoms with E-state index >= 15 is 0 Å². The van der Waals surface area contributed by atoms with Crippen molar-refractivity contribution in [2.75, 3.05) is 12.9 Å². The van der Waals surface area contributed by atoms with E-state index in [-0.39, 0.29) is 16.8 Å². The van der Waals surface area contributed by atoms with Gasteiger partial charge in [-0.3, -0.25) is 9.00 Å². The molecule has 0 saturated heterocycles. The highest BCUT2D eigenvalue weighted by molar-refractivity contribution is 7.86. The second-order valence-electron chi connectivity index (χ2n) is 4.70. The predicted octanol–water partition coefficient (Wildman–Crippen LogP) is 3.22. The maximum absolute atomic E-state index is 12.1. The molecule has 1 fully saturated rings. The zero-order valence-electron chi connectivity index (χ0n) is 10.9. The van der Waals surface area contributed by atoms with Crippen LogP contribution in [-0.2, 0) is 10.8 Å². The quantitative estimate of drug-likeness (QED) is 0.784. The SMILES string of the molecule is COc1ccc(C(=O)CS(=O)C2CCCC2)cc1Cl. The van der Waals surface area contributed by atoms with Gasteiger partial charge in [0.25, 0.3) is 0 Å². The molecule has 5 heteroatoms. The molecule has 1 aromatic rings. The number of carbonyl (C=O) groups is 1. The Hall–Kier alpha value is -0.870. The van der Waals surface area contributed by atoms with Gasteiger partial charge in [0.1, 0.15) is 5.75 Å². The summed E-state index contributed by atoms with van der Waals surface area (Å²) in [5, 5.41) is 0.595. The summed E-state index contributed by atoms with van der Waals surface area (Å²) in [6, 6.07) is 4.90. The van der Waals surface area contributed by atoms with Gasteiger partial charge in [-0.25, -0.2) is 0 Å². The molecular formula is C14H17ClO3S. The van der Waals surface area contributed by atoms with Crippen molar-refractivity contribution in [3.05, 3.63) is 28.8 Å². The topological polar surface area (TPSA) is 43.4 Å². The second kappa shape index (κ2) is 6.53. The van der Waals surface area contributed by atoms with Crippen molar-refractivity contribution in [1.82, 2.24) is 0 Å². The summed E-state index contributed by atoms with van der Waals surface area (Å²) in [4.78, 5) is 12.1. The molecule has 1 aromatic carbocycles. The molecule has 0 bridgehead atoms. The molecule has 1 atom stereocenters. The average Bonchev–Trinajstić information content (AvgIpc) is 2.92. The molecule has 0 aromatic heterocycles. The van der Waals surface area contributed by atoms with Crippen LogP contribution in [0.2, 0.25) is 5.02 Å². The Morgan fingerprint density at radius 2 is 2.11 bits per heavy atom. The van der Waals surface area contributed by atoms with Gasteiger partial charge in [0.2, 0.25) is 0 Å². The first kappa shape index (κ1) is 14.5. The summed E-state index contributed by atoms with van der Waals surface area (Å²) in [5.74, 6) is 0.512. The van der Waals surface area contributed by atoms with Crippen LogP contribution in [0.3, 0.4) is 0 Å². The van der Waals surface area contributed by atoms with Crippen molar-refractivity contribution in [3.63, 3.8) is 0 Å². The first-order chi connectivity index (χ1) is 9.11. The third-order valence-corrected chi connectivity index (χ3v) is 5.48. The number of hydrogen-bond acceptors (Lipinski definition) is 3. The van der Waals surface area contributed by atoms with E-state index in [1.165, 1.54) is 7.11 Å². The van der Waals surface area contributed by atoms with Gasteiger partial charge < -0.3 is 4.74 Å². The van der Waals surface area contributed by atoms with Crippen LogP contribution >= 0.6 is 11.6 Å². The third-order valence-electron chi connectivity index (χ3n) is 3.42. The van der Waals surface area contributed by atoms with E-state index in [0.717, 1.165) is 25.7 Å². The van der Waals surface area contributed by atoms with E-state index in [2.05, 4.69) is 0 Å². The van der Waals surface area contributed by atoms with Crippen LogP contribution in [0.4, 0.5) is 0 Å². The van der Waals surface area contributed by atoms with Crippen molar-refractivity contribution in [2.24, 2.45) is 0 Å². The van der Waals surface area contributed by atoms with Gasteiger partial charge >= 0.3 is 0 Å². The Balaban J connectivity index is 2.03. The number of Topliss-reactive ketones (excluding diaryl/α,β-unsaturated/α-hetero) is 1. The van der Waals surface area contributed by atoms with Gasteiger partial charge in [-0.1, -0.05) is 24.4 Å². The van der Waals surface area contributed by atoms with Crippen LogP contribution in [0.1, 0.15) is 36.0 Å². The fraction of sp³-hybridized carbons (Fsp3) is 0.500. The Bertz CT molecular complexity index is 495. The molecule has 0 amide bonds. The number of rotatable bonds is 5. The van der Waals surface area contributed by atoms with Gasteiger partial charge in [0.05, 0.1) is 17.9 Å². The molecule has 0 aliphatic heterocycles. The number of ketones is 1. The van der Waals surface area contributed by atoms with E-state index < -0.39 is 10.8 Å². The van der Waals surface area contributed by atoms with Gasteiger partial charge in [-0.05, 0) is 31.0 Å². The summed E-state index contributed by atoms with van der Waals surface area (Å²) < 4.78 is 17.1. The summed E-state index contributed by atoms with van der Waals surface area (Å²) >= 11 is 5.98. The molecule has 1 saturated carbocycles. The van der Waals surface area contributed by atoms with Crippen LogP contribution in [-0.4, -0.2) is 28.1 Å². The number of halogens is 1. The molecule has 104 valence electrons. The molecule has 1 aliphatic carbocycles. The van der Waals surface area contributed by atoms with Gasteiger partial charge in [-0.2, -0.15) is 0 Å². The van der Waals surface area contributed by atoms with Gasteiger partial charge in [-0.15, -0.1) is 0 Å². The van der Waals surface area contributed by atoms with Crippen molar-refractivity contribution in [1.29, 1.82) is 0 Å². The number of methoxy groups -OCH3 is 1. The Morgan fingerprint density at radius 1 is 1.42 bits per heavy atom. The lowest BCUT2D eigenvalue weighted by molar-refractivity contribution is 0.102. The van der Waals surface area contributed by atoms with Gasteiger partial charge in [0.15, 0.2) is 5.78 Å². The first-order valence-electron chi connectivity index (χ1n) is 6.35. The average molecular weight is 301 g/mol. The molecule has 1 aliphatic rings. The standard InChI is InChI=1S/C14H17ClO3S/c1-18-14-7-6-10(8-12(14)15)13(16)9-19(17)11-4-2-3-5-11/h6-8,11H,2-5,9H2,1H3. The van der Waals surface area contributed by atoms with Crippen molar-refractivity contribution in [2.45, 2.75) is 30.9 Å². The van der Waals surface area contributed by atoms with Crippen molar-refractivity contribution in [3.8, 4) is 5.75 Å². The number of carbonyl (C=O) groups excluding carboxylic acids is 1. The van der Waals surface area contributed by atoms with E-state index in [1.807, 2.05) is 0 Å². The summed E-state index contributed by atoms with van der Waals surface area (Å²) in [5.41, 5.74) is 0.497. The zero-order valence-corrected chi connectivity index (χ0v) is 12.4. The minimum atomic E-state index is -1.06. The molecular weight excluding hydrogens is 284 g/mol. The molecule has 3 nitrogen and oxygen atoms in total. The number of ether oxygens (including phenoxy) is 1. The molecule has 0 N–H and O–H groups in total. The van der Waals surface area contributed by atoms with Crippen LogP contribution in [0.25, 0.3) is 0 Å². The lowest BCUT2D eigenvalue weighted by atomic mass is 10.1. The van der Waals surface area contributed by atoms with Crippen molar-refractivity contribution < 1.29 is 13.7 Å². The highest BCUT2D eigenvalue weighted by Gasteiger charge is 2.23. The molecule has 2 rings (SSSR count). The molecule has 1 unspecified atom stereocenters.